The molecule has 0 unspecified atom stereocenters. The number of carbonyl (C=O) groups excluding carboxylic acids is 1. The summed E-state index contributed by atoms with van der Waals surface area (Å²) in [6.45, 7) is 14.1. The highest BCUT2D eigenvalue weighted by atomic mass is 16.5. The van der Waals surface area contributed by atoms with E-state index in [1.165, 1.54) is 0 Å². The standard InChI is InChI=1S/C20H31NO2/c1-15(2)13-21(14-16(3)4)20(22)11-10-18-8-7-9-19(12-18)23-17(5)6/h7-12,15-17H,13-14H2,1-6H3/b11-10+. The maximum absolute atomic E-state index is 12.5. The lowest BCUT2D eigenvalue weighted by Gasteiger charge is -2.25. The van der Waals surface area contributed by atoms with Crippen LogP contribution in [0, 0.1) is 11.8 Å². The molecule has 0 saturated heterocycles. The quantitative estimate of drug-likeness (QED) is 0.654. The number of carbonyl (C=O) groups is 1. The molecule has 0 heterocycles. The second kappa shape index (κ2) is 9.39. The van der Waals surface area contributed by atoms with E-state index < -0.39 is 0 Å². The molecular formula is C20H31NO2. The summed E-state index contributed by atoms with van der Waals surface area (Å²) < 4.78 is 5.69. The molecule has 0 spiro atoms. The van der Waals surface area contributed by atoms with Crippen LogP contribution in [-0.2, 0) is 4.79 Å². The molecule has 23 heavy (non-hydrogen) atoms. The summed E-state index contributed by atoms with van der Waals surface area (Å²) in [6, 6.07) is 7.82. The fraction of sp³-hybridized carbons (Fsp3) is 0.550. The van der Waals surface area contributed by atoms with Gasteiger partial charge in [-0.2, -0.15) is 0 Å². The van der Waals surface area contributed by atoms with Crippen molar-refractivity contribution >= 4 is 12.0 Å². The fourth-order valence-electron chi connectivity index (χ4n) is 2.37. The van der Waals surface area contributed by atoms with E-state index in [1.807, 2.05) is 49.1 Å². The lowest BCUT2D eigenvalue weighted by molar-refractivity contribution is -0.127. The number of nitrogens with zero attached hydrogens (tertiary/aromatic N) is 1. The predicted octanol–water partition coefficient (Wildman–Crippen LogP) is 4.63. The van der Waals surface area contributed by atoms with Crippen molar-refractivity contribution in [2.75, 3.05) is 13.1 Å². The van der Waals surface area contributed by atoms with Gasteiger partial charge in [0, 0.05) is 19.2 Å². The fourth-order valence-corrected chi connectivity index (χ4v) is 2.37. The first-order valence-corrected chi connectivity index (χ1v) is 8.51. The molecule has 1 aromatic carbocycles. The van der Waals surface area contributed by atoms with E-state index in [0.29, 0.717) is 11.8 Å². The summed E-state index contributed by atoms with van der Waals surface area (Å²) in [5.74, 6) is 1.83. The van der Waals surface area contributed by atoms with Gasteiger partial charge in [0.2, 0.25) is 5.91 Å². The van der Waals surface area contributed by atoms with E-state index in [4.69, 9.17) is 4.74 Å². The normalized spacial score (nSPS) is 11.7. The van der Waals surface area contributed by atoms with Crippen LogP contribution in [0.5, 0.6) is 5.75 Å². The van der Waals surface area contributed by atoms with E-state index in [9.17, 15) is 4.79 Å². The summed E-state index contributed by atoms with van der Waals surface area (Å²) >= 11 is 0. The molecule has 0 fully saturated rings. The summed E-state index contributed by atoms with van der Waals surface area (Å²) in [7, 11) is 0. The van der Waals surface area contributed by atoms with Crippen LogP contribution >= 0.6 is 0 Å². The first-order valence-electron chi connectivity index (χ1n) is 8.51. The molecule has 128 valence electrons. The van der Waals surface area contributed by atoms with Crippen LogP contribution in [0.25, 0.3) is 6.08 Å². The smallest absolute Gasteiger partial charge is 0.246 e. The molecule has 0 bridgehead atoms. The Balaban J connectivity index is 2.78. The van der Waals surface area contributed by atoms with Gasteiger partial charge in [-0.05, 0) is 49.5 Å². The zero-order valence-electron chi connectivity index (χ0n) is 15.4. The van der Waals surface area contributed by atoms with E-state index in [2.05, 4.69) is 27.7 Å². The molecule has 0 radical (unpaired) electrons. The summed E-state index contributed by atoms with van der Waals surface area (Å²) in [5, 5.41) is 0. The molecule has 1 rings (SSSR count). The molecule has 0 atom stereocenters. The van der Waals surface area contributed by atoms with Gasteiger partial charge in [-0.3, -0.25) is 4.79 Å². The van der Waals surface area contributed by atoms with Crippen molar-refractivity contribution in [2.45, 2.75) is 47.6 Å². The first kappa shape index (κ1) is 19.3. The Labute approximate surface area is 141 Å². The topological polar surface area (TPSA) is 29.5 Å². The summed E-state index contributed by atoms with van der Waals surface area (Å²) in [4.78, 5) is 14.4. The SMILES string of the molecule is CC(C)CN(CC(C)C)C(=O)/C=C/c1cccc(OC(C)C)c1. The monoisotopic (exact) mass is 317 g/mol. The van der Waals surface area contributed by atoms with Crippen molar-refractivity contribution in [1.82, 2.24) is 4.90 Å². The molecule has 0 aromatic heterocycles. The van der Waals surface area contributed by atoms with Gasteiger partial charge < -0.3 is 9.64 Å². The lowest BCUT2D eigenvalue weighted by atomic mass is 10.1. The van der Waals surface area contributed by atoms with Crippen LogP contribution < -0.4 is 4.74 Å². The van der Waals surface area contributed by atoms with Gasteiger partial charge in [0.1, 0.15) is 5.75 Å². The third kappa shape index (κ3) is 7.87. The Morgan fingerprint density at radius 3 is 2.22 bits per heavy atom. The number of amides is 1. The van der Waals surface area contributed by atoms with Gasteiger partial charge in [-0.1, -0.05) is 39.8 Å². The van der Waals surface area contributed by atoms with Gasteiger partial charge >= 0.3 is 0 Å². The van der Waals surface area contributed by atoms with Crippen molar-refractivity contribution < 1.29 is 9.53 Å². The minimum absolute atomic E-state index is 0.0718. The maximum Gasteiger partial charge on any atom is 0.246 e. The summed E-state index contributed by atoms with van der Waals surface area (Å²) in [6.07, 6.45) is 3.67. The Bertz CT molecular complexity index is 508. The van der Waals surface area contributed by atoms with Crippen LogP contribution in [0.15, 0.2) is 30.3 Å². The van der Waals surface area contributed by atoms with Gasteiger partial charge in [-0.15, -0.1) is 0 Å². The van der Waals surface area contributed by atoms with Crippen LogP contribution in [0.1, 0.15) is 47.1 Å². The van der Waals surface area contributed by atoms with Gasteiger partial charge in [0.05, 0.1) is 6.10 Å². The van der Waals surface area contributed by atoms with Crippen LogP contribution in [0.4, 0.5) is 0 Å². The van der Waals surface area contributed by atoms with Crippen molar-refractivity contribution in [3.63, 3.8) is 0 Å². The Morgan fingerprint density at radius 1 is 1.09 bits per heavy atom. The molecule has 1 aromatic rings. The van der Waals surface area contributed by atoms with Crippen molar-refractivity contribution in [3.8, 4) is 5.75 Å². The molecular weight excluding hydrogens is 286 g/mol. The molecule has 3 heteroatoms. The third-order valence-electron chi connectivity index (χ3n) is 3.13. The number of hydrogen-bond donors (Lipinski definition) is 0. The molecule has 1 amide bonds. The minimum Gasteiger partial charge on any atom is -0.491 e. The molecule has 0 aliphatic carbocycles. The molecule has 0 aliphatic rings. The Kier molecular flexibility index (Phi) is 7.87. The van der Waals surface area contributed by atoms with Gasteiger partial charge in [-0.25, -0.2) is 0 Å². The van der Waals surface area contributed by atoms with Gasteiger partial charge in [0.15, 0.2) is 0 Å². The van der Waals surface area contributed by atoms with Gasteiger partial charge in [0.25, 0.3) is 0 Å². The molecule has 3 nitrogen and oxygen atoms in total. The van der Waals surface area contributed by atoms with Crippen LogP contribution in [0.3, 0.4) is 0 Å². The van der Waals surface area contributed by atoms with E-state index in [-0.39, 0.29) is 12.0 Å². The number of hydrogen-bond acceptors (Lipinski definition) is 2. The minimum atomic E-state index is 0.0718. The van der Waals surface area contributed by atoms with Crippen molar-refractivity contribution in [1.29, 1.82) is 0 Å². The maximum atomic E-state index is 12.5. The second-order valence-electron chi connectivity index (χ2n) is 7.10. The number of benzene rings is 1. The number of rotatable bonds is 8. The van der Waals surface area contributed by atoms with E-state index >= 15 is 0 Å². The van der Waals surface area contributed by atoms with Crippen LogP contribution in [0.2, 0.25) is 0 Å². The van der Waals surface area contributed by atoms with Crippen molar-refractivity contribution in [2.24, 2.45) is 11.8 Å². The van der Waals surface area contributed by atoms with E-state index in [1.54, 1.807) is 6.08 Å². The first-order chi connectivity index (χ1) is 10.8. The summed E-state index contributed by atoms with van der Waals surface area (Å²) in [5.41, 5.74) is 0.977. The zero-order valence-corrected chi connectivity index (χ0v) is 15.4. The zero-order chi connectivity index (χ0) is 17.4. The van der Waals surface area contributed by atoms with Crippen molar-refractivity contribution in [3.05, 3.63) is 35.9 Å². The average molecular weight is 317 g/mol. The van der Waals surface area contributed by atoms with E-state index in [0.717, 1.165) is 24.4 Å². The number of ether oxygens (including phenoxy) is 1. The Hall–Kier alpha value is -1.77. The molecule has 0 saturated carbocycles. The predicted molar refractivity (Wildman–Crippen MR) is 97.5 cm³/mol. The molecule has 0 aliphatic heterocycles. The Morgan fingerprint density at radius 2 is 1.70 bits per heavy atom. The molecule has 0 N–H and O–H groups in total. The highest BCUT2D eigenvalue weighted by molar-refractivity contribution is 5.91. The third-order valence-corrected chi connectivity index (χ3v) is 3.13. The second-order valence-corrected chi connectivity index (χ2v) is 7.10. The highest BCUT2D eigenvalue weighted by Gasteiger charge is 2.13. The highest BCUT2D eigenvalue weighted by Crippen LogP contribution is 2.16. The largest absolute Gasteiger partial charge is 0.491 e. The average Bonchev–Trinajstić information content (AvgIpc) is 2.42. The lowest BCUT2D eigenvalue weighted by Crippen LogP contribution is -2.35. The van der Waals surface area contributed by atoms with Crippen LogP contribution in [-0.4, -0.2) is 30.0 Å².